The van der Waals surface area contributed by atoms with Crippen molar-refractivity contribution in [2.75, 3.05) is 47.5 Å². The molecule has 88 heavy (non-hydrogen) atoms. The number of nitrogens with zero attached hydrogens (tertiary/aromatic N) is 1. The number of ether oxygens (including phenoxy) is 2. The minimum absolute atomic E-state index is 0.0362. The lowest BCUT2D eigenvalue weighted by Crippen LogP contribution is -2.37. The molecule has 0 saturated heterocycles. The monoisotopic (exact) mass is 1240 g/mol. The predicted molar refractivity (Wildman–Crippen MR) is 378 cm³/mol. The first-order valence-electron chi connectivity index (χ1n) is 35.9. The molecule has 0 aliphatic heterocycles. The van der Waals surface area contributed by atoms with Gasteiger partial charge in [0.05, 0.1) is 27.7 Å². The Morgan fingerprint density at radius 3 is 0.909 bits per heavy atom. The Morgan fingerprint density at radius 1 is 0.352 bits per heavy atom. The van der Waals surface area contributed by atoms with Crippen molar-refractivity contribution in [3.05, 3.63) is 134 Å². The van der Waals surface area contributed by atoms with Crippen LogP contribution in [-0.4, -0.2) is 70.0 Å². The predicted octanol–water partition coefficient (Wildman–Crippen LogP) is 23.0. The molecule has 0 amide bonds. The average Bonchev–Trinajstić information content (AvgIpc) is 3.68. The molecule has 10 heteroatoms. The molecular formula is C78H134NO8P. The van der Waals surface area contributed by atoms with Gasteiger partial charge in [-0.2, -0.15) is 0 Å². The summed E-state index contributed by atoms with van der Waals surface area (Å²) in [5, 5.41) is 0. The average molecular weight is 1240 g/mol. The van der Waals surface area contributed by atoms with Crippen molar-refractivity contribution in [1.29, 1.82) is 0 Å². The van der Waals surface area contributed by atoms with E-state index in [1.807, 2.05) is 21.1 Å². The van der Waals surface area contributed by atoms with Crippen LogP contribution in [0.1, 0.15) is 296 Å². The lowest BCUT2D eigenvalue weighted by molar-refractivity contribution is -0.870. The molecule has 0 rings (SSSR count). The lowest BCUT2D eigenvalue weighted by atomic mass is 10.0. The third-order valence-electron chi connectivity index (χ3n) is 15.2. The minimum Gasteiger partial charge on any atom is -0.756 e. The number of unbranched alkanes of at least 4 members (excludes halogenated alkanes) is 29. The smallest absolute Gasteiger partial charge is 0.306 e. The molecule has 0 aliphatic rings. The fourth-order valence-electron chi connectivity index (χ4n) is 9.75. The zero-order valence-electron chi connectivity index (χ0n) is 57.4. The molecule has 0 aromatic heterocycles. The maximum atomic E-state index is 12.9. The largest absolute Gasteiger partial charge is 0.756 e. The number of hydrogen-bond acceptors (Lipinski definition) is 8. The van der Waals surface area contributed by atoms with E-state index < -0.39 is 26.5 Å². The molecule has 0 spiro atoms. The summed E-state index contributed by atoms with van der Waals surface area (Å²) in [5.74, 6) is -0.835. The molecule has 0 fully saturated rings. The van der Waals surface area contributed by atoms with E-state index in [1.165, 1.54) is 148 Å². The Balaban J connectivity index is 4.04. The van der Waals surface area contributed by atoms with Crippen LogP contribution in [0.25, 0.3) is 0 Å². The standard InChI is InChI=1S/C78H134NO8P/c1-6-8-10-12-14-16-18-20-22-24-26-28-30-32-34-36-37-38-39-40-41-43-44-46-48-50-52-54-56-58-60-62-64-66-68-70-77(80)84-74-76(75-86-88(82,83)85-73-72-79(3,4)5)87-78(81)71-69-67-65-63-61-59-57-55-53-51-49-47-45-42-35-33-31-29-27-25-23-21-19-17-15-13-11-9-7-2/h8-11,14-17,20-23,26-29,32-35,45,47,76H,6-7,12-13,18-19,24-25,30-31,36-44,46,48-75H2,1-5H3/b10-8-,11-9-,16-14-,17-15-,22-20-,23-21-,28-26-,29-27-,34-32-,35-33-,47-45-. The first-order valence-corrected chi connectivity index (χ1v) is 37.4. The van der Waals surface area contributed by atoms with Gasteiger partial charge in [0.15, 0.2) is 6.10 Å². The second-order valence-corrected chi connectivity index (χ2v) is 26.2. The molecule has 504 valence electrons. The van der Waals surface area contributed by atoms with E-state index in [-0.39, 0.29) is 32.0 Å². The van der Waals surface area contributed by atoms with Gasteiger partial charge in [-0.3, -0.25) is 14.2 Å². The number of rotatable bonds is 65. The van der Waals surface area contributed by atoms with Gasteiger partial charge in [-0.15, -0.1) is 0 Å². The highest BCUT2D eigenvalue weighted by Gasteiger charge is 2.22. The van der Waals surface area contributed by atoms with Crippen LogP contribution in [0, 0.1) is 0 Å². The number of esters is 2. The molecule has 0 aliphatic carbocycles. The summed E-state index contributed by atoms with van der Waals surface area (Å²) in [5.41, 5.74) is 0. The van der Waals surface area contributed by atoms with Gasteiger partial charge in [0.2, 0.25) is 0 Å². The van der Waals surface area contributed by atoms with Crippen LogP contribution in [0.15, 0.2) is 134 Å². The van der Waals surface area contributed by atoms with Gasteiger partial charge >= 0.3 is 11.9 Å². The highest BCUT2D eigenvalue weighted by atomic mass is 31.2. The van der Waals surface area contributed by atoms with Gasteiger partial charge in [0.1, 0.15) is 19.8 Å². The molecule has 2 atom stereocenters. The van der Waals surface area contributed by atoms with E-state index >= 15 is 0 Å². The number of carbonyl (C=O) groups excluding carboxylic acids is 2. The zero-order chi connectivity index (χ0) is 64.1. The fourth-order valence-corrected chi connectivity index (χ4v) is 10.5. The SMILES string of the molecule is CC/C=C\C/C=C\C/C=C\C/C=C\C/C=C\C/C=C\CCCCCCCCCCCCC(=O)OC(COC(=O)CCCCCCCCCCCCCCCCCCCCC/C=C\C/C=C\C/C=C\C/C=C\C/C=C\CC)COP(=O)([O-])OCC[N+](C)(C)C. The summed E-state index contributed by atoms with van der Waals surface area (Å²) < 4.78 is 34.3. The van der Waals surface area contributed by atoms with Crippen LogP contribution in [0.2, 0.25) is 0 Å². The lowest BCUT2D eigenvalue weighted by Gasteiger charge is -2.28. The summed E-state index contributed by atoms with van der Waals surface area (Å²) >= 11 is 0. The van der Waals surface area contributed by atoms with Crippen LogP contribution in [0.3, 0.4) is 0 Å². The number of phosphoric ester groups is 1. The van der Waals surface area contributed by atoms with Gasteiger partial charge in [-0.05, 0) is 109 Å². The molecule has 0 saturated carbocycles. The molecular weight excluding hydrogens is 1110 g/mol. The molecule has 2 unspecified atom stereocenters. The summed E-state index contributed by atoms with van der Waals surface area (Å²) in [4.78, 5) is 38.1. The maximum Gasteiger partial charge on any atom is 0.306 e. The van der Waals surface area contributed by atoms with Crippen molar-refractivity contribution >= 4 is 19.8 Å². The summed E-state index contributed by atoms with van der Waals surface area (Å²) in [7, 11) is 1.16. The second-order valence-electron chi connectivity index (χ2n) is 24.8. The van der Waals surface area contributed by atoms with E-state index in [9.17, 15) is 19.0 Å². The molecule has 0 aromatic carbocycles. The Hall–Kier alpha value is -3.85. The number of likely N-dealkylation sites (N-methyl/N-ethyl adjacent to an activating group) is 1. The maximum absolute atomic E-state index is 12.9. The minimum atomic E-state index is -4.65. The van der Waals surface area contributed by atoms with Crippen LogP contribution in [-0.2, 0) is 32.7 Å². The van der Waals surface area contributed by atoms with Gasteiger partial charge in [-0.1, -0.05) is 308 Å². The van der Waals surface area contributed by atoms with E-state index in [0.717, 1.165) is 116 Å². The first-order chi connectivity index (χ1) is 43.0. The van der Waals surface area contributed by atoms with Crippen LogP contribution >= 0.6 is 7.82 Å². The van der Waals surface area contributed by atoms with Crippen molar-refractivity contribution in [3.8, 4) is 0 Å². The van der Waals surface area contributed by atoms with Crippen molar-refractivity contribution in [2.24, 2.45) is 0 Å². The summed E-state index contributed by atoms with van der Waals surface area (Å²) in [6.07, 6.45) is 98.2. The van der Waals surface area contributed by atoms with Gasteiger partial charge in [0.25, 0.3) is 7.82 Å². The number of carbonyl (C=O) groups is 2. The third kappa shape index (κ3) is 71.2. The van der Waals surface area contributed by atoms with Crippen LogP contribution in [0.4, 0.5) is 0 Å². The highest BCUT2D eigenvalue weighted by molar-refractivity contribution is 7.45. The Bertz CT molecular complexity index is 1950. The van der Waals surface area contributed by atoms with Crippen molar-refractivity contribution in [3.63, 3.8) is 0 Å². The molecule has 0 bridgehead atoms. The quantitative estimate of drug-likeness (QED) is 0.0195. The van der Waals surface area contributed by atoms with Gasteiger partial charge in [-0.25, -0.2) is 0 Å². The fraction of sp³-hybridized carbons (Fsp3) is 0.692. The van der Waals surface area contributed by atoms with E-state index in [2.05, 4.69) is 148 Å². The topological polar surface area (TPSA) is 111 Å². The number of allylic oxidation sites excluding steroid dienone is 22. The van der Waals surface area contributed by atoms with E-state index in [0.29, 0.717) is 17.4 Å². The van der Waals surface area contributed by atoms with E-state index in [1.54, 1.807) is 0 Å². The summed E-state index contributed by atoms with van der Waals surface area (Å²) in [6.45, 7) is 4.02. The Kier molecular flexibility index (Phi) is 64.6. The molecule has 0 radical (unpaired) electrons. The van der Waals surface area contributed by atoms with Crippen molar-refractivity contribution < 1.29 is 42.1 Å². The van der Waals surface area contributed by atoms with Crippen molar-refractivity contribution in [2.45, 2.75) is 302 Å². The molecule has 9 nitrogen and oxygen atoms in total. The van der Waals surface area contributed by atoms with Gasteiger partial charge in [0, 0.05) is 12.8 Å². The van der Waals surface area contributed by atoms with E-state index in [4.69, 9.17) is 18.5 Å². The molecule has 0 aromatic rings. The first kappa shape index (κ1) is 84.2. The van der Waals surface area contributed by atoms with Crippen LogP contribution in [0.5, 0.6) is 0 Å². The number of hydrogen-bond donors (Lipinski definition) is 0. The Labute approximate surface area is 542 Å². The molecule has 0 heterocycles. The van der Waals surface area contributed by atoms with Crippen molar-refractivity contribution in [1.82, 2.24) is 0 Å². The van der Waals surface area contributed by atoms with Crippen LogP contribution < -0.4 is 4.89 Å². The van der Waals surface area contributed by atoms with Gasteiger partial charge < -0.3 is 27.9 Å². The second kappa shape index (κ2) is 67.5. The molecule has 0 N–H and O–H groups in total. The summed E-state index contributed by atoms with van der Waals surface area (Å²) in [6, 6.07) is 0. The number of phosphoric acid groups is 1. The normalized spacial score (nSPS) is 13.9. The number of quaternary nitrogens is 1. The third-order valence-corrected chi connectivity index (χ3v) is 16.1. The Morgan fingerprint density at radius 2 is 0.614 bits per heavy atom. The zero-order valence-corrected chi connectivity index (χ0v) is 58.3. The highest BCUT2D eigenvalue weighted by Crippen LogP contribution is 2.38.